The van der Waals surface area contributed by atoms with Crippen LogP contribution in [0, 0.1) is 17.0 Å². The van der Waals surface area contributed by atoms with Gasteiger partial charge in [0.25, 0.3) is 5.69 Å². The molecular weight excluding hydrogens is 276 g/mol. The molecule has 0 aliphatic rings. The zero-order valence-electron chi connectivity index (χ0n) is 12.6. The maximum atomic E-state index is 11.7. The molecule has 0 saturated heterocycles. The van der Waals surface area contributed by atoms with Crippen LogP contribution in [0.3, 0.4) is 0 Å². The molecule has 0 amide bonds. The number of carbonyl (C=O) groups is 1. The first-order chi connectivity index (χ1) is 9.86. The van der Waals surface area contributed by atoms with Crippen LogP contribution in [0.5, 0.6) is 5.75 Å². The van der Waals surface area contributed by atoms with Crippen LogP contribution in [0.4, 0.5) is 5.69 Å². The van der Waals surface area contributed by atoms with Gasteiger partial charge in [0.1, 0.15) is 18.4 Å². The second-order valence-electron chi connectivity index (χ2n) is 4.87. The minimum absolute atomic E-state index is 0.0149. The quantitative estimate of drug-likeness (QED) is 0.469. The third-order valence-electron chi connectivity index (χ3n) is 2.88. The van der Waals surface area contributed by atoms with Gasteiger partial charge in [-0.05, 0) is 13.0 Å². The molecule has 0 bridgehead atoms. The van der Waals surface area contributed by atoms with Gasteiger partial charge >= 0.3 is 5.97 Å². The van der Waals surface area contributed by atoms with Crippen LogP contribution in [0.15, 0.2) is 18.2 Å². The fraction of sp³-hybridized carbons (Fsp3) is 0.500. The summed E-state index contributed by atoms with van der Waals surface area (Å²) in [4.78, 5) is 22.1. The first kappa shape index (κ1) is 16.9. The van der Waals surface area contributed by atoms with Crippen molar-refractivity contribution in [3.8, 4) is 5.75 Å². The molecule has 0 aromatic heterocycles. The third-order valence-corrected chi connectivity index (χ3v) is 2.88. The maximum absolute atomic E-state index is 11.7. The number of hydrogen-bond acceptors (Lipinski definition) is 6. The molecule has 0 saturated carbocycles. The van der Waals surface area contributed by atoms with Crippen molar-refractivity contribution >= 4 is 11.7 Å². The molecular formula is C14H20N2O5. The topological polar surface area (TPSA) is 90.7 Å². The molecule has 0 heterocycles. The maximum Gasteiger partial charge on any atom is 0.326 e. The van der Waals surface area contributed by atoms with Gasteiger partial charge in [0.2, 0.25) is 0 Å². The Hall–Kier alpha value is -2.15. The SMILES string of the molecule is COC(=O)C(COc1cccc([N+](=O)[O-])c1C)NC(C)C. The number of nitrogens with zero attached hydrogens (tertiary/aromatic N) is 1. The van der Waals surface area contributed by atoms with Gasteiger partial charge in [-0.15, -0.1) is 0 Å². The van der Waals surface area contributed by atoms with Crippen LogP contribution >= 0.6 is 0 Å². The van der Waals surface area contributed by atoms with E-state index in [2.05, 4.69) is 5.32 Å². The Morgan fingerprint density at radius 3 is 2.62 bits per heavy atom. The first-order valence-electron chi connectivity index (χ1n) is 6.57. The number of nitro benzene ring substituents is 1. The van der Waals surface area contributed by atoms with Crippen LogP contribution in [0.25, 0.3) is 0 Å². The molecule has 116 valence electrons. The van der Waals surface area contributed by atoms with Gasteiger partial charge in [-0.1, -0.05) is 19.9 Å². The number of esters is 1. The van der Waals surface area contributed by atoms with E-state index in [1.165, 1.54) is 13.2 Å². The van der Waals surface area contributed by atoms with Crippen molar-refractivity contribution in [2.24, 2.45) is 0 Å². The largest absolute Gasteiger partial charge is 0.491 e. The van der Waals surface area contributed by atoms with Crippen molar-refractivity contribution in [1.82, 2.24) is 5.32 Å². The van der Waals surface area contributed by atoms with Gasteiger partial charge in [0.15, 0.2) is 0 Å². The van der Waals surface area contributed by atoms with Crippen LogP contribution in [-0.2, 0) is 9.53 Å². The number of rotatable bonds is 7. The van der Waals surface area contributed by atoms with E-state index in [0.29, 0.717) is 11.3 Å². The molecule has 0 spiro atoms. The highest BCUT2D eigenvalue weighted by molar-refractivity contribution is 5.75. The van der Waals surface area contributed by atoms with E-state index in [9.17, 15) is 14.9 Å². The summed E-state index contributed by atoms with van der Waals surface area (Å²) < 4.78 is 10.3. The molecule has 0 aliphatic heterocycles. The molecule has 7 nitrogen and oxygen atoms in total. The Bertz CT molecular complexity index is 516. The Balaban J connectivity index is 2.83. The number of nitrogens with one attached hydrogen (secondary N) is 1. The van der Waals surface area contributed by atoms with Gasteiger partial charge in [-0.25, -0.2) is 0 Å². The van der Waals surface area contributed by atoms with Crippen molar-refractivity contribution < 1.29 is 19.2 Å². The number of benzene rings is 1. The molecule has 0 aliphatic carbocycles. The highest BCUT2D eigenvalue weighted by Crippen LogP contribution is 2.27. The fourth-order valence-electron chi connectivity index (χ4n) is 1.86. The predicted octanol–water partition coefficient (Wildman–Crippen LogP) is 1.82. The molecule has 7 heteroatoms. The van der Waals surface area contributed by atoms with Crippen LogP contribution in [0.1, 0.15) is 19.4 Å². The summed E-state index contributed by atoms with van der Waals surface area (Å²) in [5.74, 6) is -0.0598. The Morgan fingerprint density at radius 2 is 2.10 bits per heavy atom. The van der Waals surface area contributed by atoms with Crippen LogP contribution < -0.4 is 10.1 Å². The molecule has 1 unspecified atom stereocenters. The lowest BCUT2D eigenvalue weighted by Gasteiger charge is -2.20. The van der Waals surface area contributed by atoms with Gasteiger partial charge < -0.3 is 9.47 Å². The molecule has 1 atom stereocenters. The molecule has 0 radical (unpaired) electrons. The average Bonchev–Trinajstić information content (AvgIpc) is 2.43. The van der Waals surface area contributed by atoms with E-state index in [1.807, 2.05) is 13.8 Å². The van der Waals surface area contributed by atoms with E-state index in [-0.39, 0.29) is 18.3 Å². The van der Waals surface area contributed by atoms with E-state index < -0.39 is 16.9 Å². The summed E-state index contributed by atoms with van der Waals surface area (Å²) in [5, 5.41) is 13.9. The first-order valence-corrected chi connectivity index (χ1v) is 6.57. The van der Waals surface area contributed by atoms with E-state index in [4.69, 9.17) is 9.47 Å². The van der Waals surface area contributed by atoms with Crippen molar-refractivity contribution in [2.45, 2.75) is 32.9 Å². The number of nitro groups is 1. The molecule has 1 rings (SSSR count). The molecule has 1 aromatic carbocycles. The Morgan fingerprint density at radius 1 is 1.43 bits per heavy atom. The van der Waals surface area contributed by atoms with Crippen LogP contribution in [0.2, 0.25) is 0 Å². The Kier molecular flexibility index (Phi) is 6.10. The second kappa shape index (κ2) is 7.58. The highest BCUT2D eigenvalue weighted by Gasteiger charge is 2.22. The number of ether oxygens (including phenoxy) is 2. The standard InChI is InChI=1S/C14H20N2O5/c1-9(2)15-11(14(17)20-4)8-21-13-7-5-6-12(10(13)3)16(18)19/h5-7,9,11,15H,8H2,1-4H3. The highest BCUT2D eigenvalue weighted by atomic mass is 16.6. The number of hydrogen-bond donors (Lipinski definition) is 1. The average molecular weight is 296 g/mol. The van der Waals surface area contributed by atoms with E-state index >= 15 is 0 Å². The Labute approximate surface area is 123 Å². The number of carbonyl (C=O) groups excluding carboxylic acids is 1. The van der Waals surface area contributed by atoms with Crippen LogP contribution in [-0.4, -0.2) is 36.7 Å². The molecule has 0 fully saturated rings. The summed E-state index contributed by atoms with van der Waals surface area (Å²) >= 11 is 0. The van der Waals surface area contributed by atoms with Crippen molar-refractivity contribution in [3.63, 3.8) is 0 Å². The lowest BCUT2D eigenvalue weighted by atomic mass is 10.2. The normalized spacial score (nSPS) is 12.0. The summed E-state index contributed by atoms with van der Waals surface area (Å²) in [6, 6.07) is 4.03. The summed E-state index contributed by atoms with van der Waals surface area (Å²) in [6.07, 6.45) is 0. The molecule has 1 aromatic rings. The van der Waals surface area contributed by atoms with E-state index in [1.54, 1.807) is 19.1 Å². The van der Waals surface area contributed by atoms with Gasteiger partial charge in [-0.2, -0.15) is 0 Å². The molecule has 21 heavy (non-hydrogen) atoms. The second-order valence-corrected chi connectivity index (χ2v) is 4.87. The summed E-state index contributed by atoms with van der Waals surface area (Å²) in [5.41, 5.74) is 0.412. The van der Waals surface area contributed by atoms with Crippen molar-refractivity contribution in [3.05, 3.63) is 33.9 Å². The van der Waals surface area contributed by atoms with Gasteiger partial charge in [0, 0.05) is 12.1 Å². The zero-order valence-corrected chi connectivity index (χ0v) is 12.6. The molecule has 1 N–H and O–H groups in total. The third kappa shape index (κ3) is 4.71. The monoisotopic (exact) mass is 296 g/mol. The van der Waals surface area contributed by atoms with Gasteiger partial charge in [-0.3, -0.25) is 20.2 Å². The summed E-state index contributed by atoms with van der Waals surface area (Å²) in [6.45, 7) is 5.44. The summed E-state index contributed by atoms with van der Waals surface area (Å²) in [7, 11) is 1.30. The smallest absolute Gasteiger partial charge is 0.326 e. The fourth-order valence-corrected chi connectivity index (χ4v) is 1.86. The predicted molar refractivity (Wildman–Crippen MR) is 77.4 cm³/mol. The zero-order chi connectivity index (χ0) is 16.0. The minimum Gasteiger partial charge on any atom is -0.491 e. The number of methoxy groups -OCH3 is 1. The van der Waals surface area contributed by atoms with E-state index in [0.717, 1.165) is 0 Å². The minimum atomic E-state index is -0.631. The van der Waals surface area contributed by atoms with Crippen molar-refractivity contribution in [2.75, 3.05) is 13.7 Å². The van der Waals surface area contributed by atoms with Gasteiger partial charge in [0.05, 0.1) is 17.6 Å². The lowest BCUT2D eigenvalue weighted by molar-refractivity contribution is -0.385. The van der Waals surface area contributed by atoms with Crippen molar-refractivity contribution in [1.29, 1.82) is 0 Å². The lowest BCUT2D eigenvalue weighted by Crippen LogP contribution is -2.45.